The first-order valence-electron chi connectivity index (χ1n) is 6.58. The maximum Gasteiger partial charge on any atom is 0.253 e. The van der Waals surface area contributed by atoms with Gasteiger partial charge < -0.3 is 11.1 Å². The van der Waals surface area contributed by atoms with Crippen LogP contribution in [-0.2, 0) is 0 Å². The number of carbonyl (C=O) groups excluding carboxylic acids is 1. The predicted molar refractivity (Wildman–Crippen MR) is 86.0 cm³/mol. The topological polar surface area (TPSA) is 55.1 Å². The van der Waals surface area contributed by atoms with Gasteiger partial charge in [0.1, 0.15) is 0 Å². The van der Waals surface area contributed by atoms with E-state index in [0.717, 1.165) is 19.3 Å². The largest absolute Gasteiger partial charge is 0.349 e. The van der Waals surface area contributed by atoms with Crippen molar-refractivity contribution in [3.05, 3.63) is 33.8 Å². The summed E-state index contributed by atoms with van der Waals surface area (Å²) in [4.78, 5) is 12.2. The number of benzene rings is 1. The van der Waals surface area contributed by atoms with Crippen molar-refractivity contribution in [3.63, 3.8) is 0 Å². The van der Waals surface area contributed by atoms with E-state index in [-0.39, 0.29) is 24.4 Å². The molecule has 2 rings (SSSR count). The minimum absolute atomic E-state index is 0. The van der Waals surface area contributed by atoms with Gasteiger partial charge in [-0.15, -0.1) is 12.4 Å². The number of hydrogen-bond acceptors (Lipinski definition) is 2. The van der Waals surface area contributed by atoms with E-state index in [0.29, 0.717) is 28.1 Å². The minimum Gasteiger partial charge on any atom is -0.349 e. The van der Waals surface area contributed by atoms with E-state index in [4.69, 9.17) is 28.9 Å². The third-order valence-electron chi connectivity index (χ3n) is 3.70. The molecule has 0 aliphatic heterocycles. The second-order valence-electron chi connectivity index (χ2n) is 4.98. The number of amides is 1. The van der Waals surface area contributed by atoms with Crippen LogP contribution in [0, 0.1) is 5.92 Å². The van der Waals surface area contributed by atoms with Crippen LogP contribution in [0.3, 0.4) is 0 Å². The summed E-state index contributed by atoms with van der Waals surface area (Å²) in [6.07, 6.45) is 4.39. The highest BCUT2D eigenvalue weighted by molar-refractivity contribution is 6.36. The minimum atomic E-state index is -0.146. The summed E-state index contributed by atoms with van der Waals surface area (Å²) >= 11 is 11.9. The third kappa shape index (κ3) is 4.26. The van der Waals surface area contributed by atoms with Crippen molar-refractivity contribution < 1.29 is 4.79 Å². The van der Waals surface area contributed by atoms with Crippen LogP contribution in [0.1, 0.15) is 36.0 Å². The van der Waals surface area contributed by atoms with Crippen LogP contribution in [0.25, 0.3) is 0 Å². The molecule has 6 heteroatoms. The maximum atomic E-state index is 12.2. The fourth-order valence-corrected chi connectivity index (χ4v) is 3.09. The summed E-state index contributed by atoms with van der Waals surface area (Å²) in [5.74, 6) is 0.218. The lowest BCUT2D eigenvalue weighted by Crippen LogP contribution is -2.44. The second-order valence-corrected chi connectivity index (χ2v) is 5.83. The molecule has 1 aliphatic rings. The van der Waals surface area contributed by atoms with E-state index < -0.39 is 0 Å². The lowest BCUT2D eigenvalue weighted by Gasteiger charge is -2.31. The molecule has 0 heterocycles. The third-order valence-corrected chi connectivity index (χ3v) is 4.25. The average molecular weight is 338 g/mol. The fourth-order valence-electron chi connectivity index (χ4n) is 2.60. The van der Waals surface area contributed by atoms with Gasteiger partial charge in [-0.3, -0.25) is 4.79 Å². The van der Waals surface area contributed by atoms with Gasteiger partial charge in [-0.1, -0.05) is 36.0 Å². The molecule has 0 radical (unpaired) electrons. The standard InChI is InChI=1S/C14H18Cl2N2O.ClH/c15-10-5-6-11(12(16)7-10)14(19)18-13-4-2-1-3-9(13)8-17;/h5-7,9,13H,1-4,8,17H2,(H,18,19);1H. The summed E-state index contributed by atoms with van der Waals surface area (Å²) in [5, 5.41) is 3.96. The van der Waals surface area contributed by atoms with Gasteiger partial charge in [-0.05, 0) is 43.5 Å². The second kappa shape index (κ2) is 8.08. The normalized spacial score (nSPS) is 21.9. The molecule has 1 fully saturated rings. The van der Waals surface area contributed by atoms with Gasteiger partial charge in [0.25, 0.3) is 5.91 Å². The zero-order chi connectivity index (χ0) is 13.8. The van der Waals surface area contributed by atoms with Gasteiger partial charge in [-0.2, -0.15) is 0 Å². The highest BCUT2D eigenvalue weighted by atomic mass is 35.5. The Bertz CT molecular complexity index is 468. The average Bonchev–Trinajstić information content (AvgIpc) is 2.39. The molecule has 2 atom stereocenters. The zero-order valence-electron chi connectivity index (χ0n) is 11.1. The van der Waals surface area contributed by atoms with Crippen molar-refractivity contribution in [3.8, 4) is 0 Å². The number of hydrogen-bond donors (Lipinski definition) is 2. The van der Waals surface area contributed by atoms with Gasteiger partial charge in [0.05, 0.1) is 10.6 Å². The van der Waals surface area contributed by atoms with Gasteiger partial charge in [0.15, 0.2) is 0 Å². The van der Waals surface area contributed by atoms with Crippen LogP contribution in [0.15, 0.2) is 18.2 Å². The zero-order valence-corrected chi connectivity index (χ0v) is 13.4. The first-order valence-corrected chi connectivity index (χ1v) is 7.33. The van der Waals surface area contributed by atoms with E-state index in [1.54, 1.807) is 18.2 Å². The molecular weight excluding hydrogens is 319 g/mol. The Kier molecular flexibility index (Phi) is 7.10. The molecule has 0 aromatic heterocycles. The Hall–Kier alpha value is -0.480. The summed E-state index contributed by atoms with van der Waals surface area (Å²) in [5.41, 5.74) is 6.23. The van der Waals surface area contributed by atoms with E-state index >= 15 is 0 Å². The lowest BCUT2D eigenvalue weighted by atomic mass is 9.84. The number of halogens is 3. The SMILES string of the molecule is Cl.NCC1CCCCC1NC(=O)c1ccc(Cl)cc1Cl. The van der Waals surface area contributed by atoms with Crippen molar-refractivity contribution >= 4 is 41.5 Å². The smallest absolute Gasteiger partial charge is 0.253 e. The van der Waals surface area contributed by atoms with Crippen LogP contribution in [0.5, 0.6) is 0 Å². The van der Waals surface area contributed by atoms with Crippen molar-refractivity contribution in [1.29, 1.82) is 0 Å². The van der Waals surface area contributed by atoms with Crippen LogP contribution in [-0.4, -0.2) is 18.5 Å². The number of rotatable bonds is 3. The predicted octanol–water partition coefficient (Wildman–Crippen LogP) is 3.66. The van der Waals surface area contributed by atoms with Crippen LogP contribution >= 0.6 is 35.6 Å². The quantitative estimate of drug-likeness (QED) is 0.884. The highest BCUT2D eigenvalue weighted by Crippen LogP contribution is 2.25. The Morgan fingerprint density at radius 3 is 2.65 bits per heavy atom. The van der Waals surface area contributed by atoms with Crippen molar-refractivity contribution in [1.82, 2.24) is 5.32 Å². The molecule has 1 saturated carbocycles. The highest BCUT2D eigenvalue weighted by Gasteiger charge is 2.26. The molecule has 20 heavy (non-hydrogen) atoms. The van der Waals surface area contributed by atoms with Crippen LogP contribution in [0.2, 0.25) is 10.0 Å². The molecule has 1 amide bonds. The molecule has 1 aromatic rings. The molecule has 3 nitrogen and oxygen atoms in total. The van der Waals surface area contributed by atoms with Crippen LogP contribution < -0.4 is 11.1 Å². The van der Waals surface area contributed by atoms with Gasteiger partial charge in [-0.25, -0.2) is 0 Å². The van der Waals surface area contributed by atoms with E-state index in [1.807, 2.05) is 0 Å². The van der Waals surface area contributed by atoms with Crippen molar-refractivity contribution in [2.24, 2.45) is 11.7 Å². The van der Waals surface area contributed by atoms with Gasteiger partial charge >= 0.3 is 0 Å². The van der Waals surface area contributed by atoms with Gasteiger partial charge in [0, 0.05) is 11.1 Å². The Labute approximate surface area is 135 Å². The molecular formula is C14H19Cl3N2O. The Morgan fingerprint density at radius 2 is 2.00 bits per heavy atom. The number of nitrogens with one attached hydrogen (secondary N) is 1. The summed E-state index contributed by atoms with van der Waals surface area (Å²) in [7, 11) is 0. The number of carbonyl (C=O) groups is 1. The lowest BCUT2D eigenvalue weighted by molar-refractivity contribution is 0.0908. The molecule has 112 valence electrons. The molecule has 0 saturated heterocycles. The molecule has 0 bridgehead atoms. The Balaban J connectivity index is 0.00000200. The first kappa shape index (κ1) is 17.6. The molecule has 1 aliphatic carbocycles. The fraction of sp³-hybridized carbons (Fsp3) is 0.500. The summed E-state index contributed by atoms with van der Waals surface area (Å²) in [6.45, 7) is 0.610. The summed E-state index contributed by atoms with van der Waals surface area (Å²) < 4.78 is 0. The van der Waals surface area contributed by atoms with Crippen molar-refractivity contribution in [2.45, 2.75) is 31.7 Å². The molecule has 1 aromatic carbocycles. The van der Waals surface area contributed by atoms with Crippen LogP contribution in [0.4, 0.5) is 0 Å². The maximum absolute atomic E-state index is 12.2. The number of nitrogens with two attached hydrogens (primary N) is 1. The van der Waals surface area contributed by atoms with Gasteiger partial charge in [0.2, 0.25) is 0 Å². The Morgan fingerprint density at radius 1 is 1.30 bits per heavy atom. The molecule has 0 spiro atoms. The monoisotopic (exact) mass is 336 g/mol. The van der Waals surface area contributed by atoms with E-state index in [1.165, 1.54) is 6.42 Å². The summed E-state index contributed by atoms with van der Waals surface area (Å²) in [6, 6.07) is 5.06. The first-order chi connectivity index (χ1) is 9.11. The van der Waals surface area contributed by atoms with E-state index in [9.17, 15) is 4.79 Å². The molecule has 3 N–H and O–H groups in total. The van der Waals surface area contributed by atoms with E-state index in [2.05, 4.69) is 5.32 Å². The van der Waals surface area contributed by atoms with Crippen molar-refractivity contribution in [2.75, 3.05) is 6.54 Å². The molecule has 2 unspecified atom stereocenters.